The van der Waals surface area contributed by atoms with Crippen molar-refractivity contribution in [1.29, 1.82) is 0 Å². The number of aliphatic carboxylic acids is 1. The Morgan fingerprint density at radius 2 is 1.80 bits per heavy atom. The monoisotopic (exact) mass is 216 g/mol. The van der Waals surface area contributed by atoms with Crippen molar-refractivity contribution in [1.82, 2.24) is 10.2 Å². The molecule has 2 atom stereocenters. The predicted octanol–water partition coefficient (Wildman–Crippen LogP) is 1.17. The lowest BCUT2D eigenvalue weighted by Crippen LogP contribution is -2.43. The minimum atomic E-state index is -0.745. The number of carboxylic acid groups (broad SMARTS) is 1. The third-order valence-corrected chi connectivity index (χ3v) is 2.48. The van der Waals surface area contributed by atoms with E-state index in [9.17, 15) is 4.79 Å². The molecule has 2 unspecified atom stereocenters. The van der Waals surface area contributed by atoms with E-state index < -0.39 is 5.97 Å². The van der Waals surface area contributed by atoms with Crippen LogP contribution < -0.4 is 5.32 Å². The molecule has 0 aliphatic carbocycles. The number of hydrogen-bond acceptors (Lipinski definition) is 3. The summed E-state index contributed by atoms with van der Waals surface area (Å²) in [5.74, 6) is -0.745. The maximum absolute atomic E-state index is 10.5. The Morgan fingerprint density at radius 3 is 2.20 bits per heavy atom. The van der Waals surface area contributed by atoms with Gasteiger partial charge in [0.2, 0.25) is 0 Å². The van der Waals surface area contributed by atoms with Crippen LogP contribution in [0.15, 0.2) is 0 Å². The number of rotatable bonds is 8. The van der Waals surface area contributed by atoms with Gasteiger partial charge in [0.1, 0.15) is 0 Å². The van der Waals surface area contributed by atoms with E-state index in [0.29, 0.717) is 6.04 Å². The van der Waals surface area contributed by atoms with Gasteiger partial charge in [-0.25, -0.2) is 0 Å². The van der Waals surface area contributed by atoms with Crippen LogP contribution in [0.25, 0.3) is 0 Å². The van der Waals surface area contributed by atoms with E-state index in [4.69, 9.17) is 5.11 Å². The van der Waals surface area contributed by atoms with Crippen LogP contribution in [0.5, 0.6) is 0 Å². The van der Waals surface area contributed by atoms with Crippen molar-refractivity contribution >= 4 is 5.97 Å². The molecule has 2 N–H and O–H groups in total. The normalized spacial score (nSPS) is 15.3. The number of likely N-dealkylation sites (N-methyl/N-ethyl adjacent to an activating group) is 1. The highest BCUT2D eigenvalue weighted by atomic mass is 16.4. The molecule has 0 amide bonds. The van der Waals surface area contributed by atoms with Crippen molar-refractivity contribution in [2.24, 2.45) is 0 Å². The molecule has 0 aliphatic heterocycles. The Morgan fingerprint density at radius 1 is 1.27 bits per heavy atom. The molecule has 0 bridgehead atoms. The molecule has 0 rings (SSSR count). The van der Waals surface area contributed by atoms with Gasteiger partial charge in [0.05, 0.1) is 6.42 Å². The second-order valence-electron chi connectivity index (χ2n) is 4.05. The maximum Gasteiger partial charge on any atom is 0.304 e. The molecule has 0 aromatic carbocycles. The Bertz CT molecular complexity index is 181. The fourth-order valence-corrected chi connectivity index (χ4v) is 1.73. The Labute approximate surface area is 92.7 Å². The largest absolute Gasteiger partial charge is 0.481 e. The van der Waals surface area contributed by atoms with E-state index in [1.807, 2.05) is 6.92 Å². The lowest BCUT2D eigenvalue weighted by Gasteiger charge is -2.25. The summed E-state index contributed by atoms with van der Waals surface area (Å²) < 4.78 is 0. The van der Waals surface area contributed by atoms with Gasteiger partial charge in [-0.05, 0) is 26.9 Å². The number of carboxylic acids is 1. The maximum atomic E-state index is 10.5. The van der Waals surface area contributed by atoms with Crippen LogP contribution in [0, 0.1) is 0 Å². The molecule has 0 aromatic heterocycles. The van der Waals surface area contributed by atoms with Crippen LogP contribution >= 0.6 is 0 Å². The third kappa shape index (κ3) is 7.33. The van der Waals surface area contributed by atoms with Gasteiger partial charge < -0.3 is 15.3 Å². The molecule has 0 radical (unpaired) electrons. The van der Waals surface area contributed by atoms with Crippen molar-refractivity contribution in [3.8, 4) is 0 Å². The van der Waals surface area contributed by atoms with Gasteiger partial charge in [0, 0.05) is 18.6 Å². The average molecular weight is 216 g/mol. The second-order valence-corrected chi connectivity index (χ2v) is 4.05. The van der Waals surface area contributed by atoms with Crippen molar-refractivity contribution in [2.75, 3.05) is 19.6 Å². The summed E-state index contributed by atoms with van der Waals surface area (Å²) in [6.45, 7) is 11.3. The van der Waals surface area contributed by atoms with Crippen molar-refractivity contribution in [2.45, 2.75) is 46.2 Å². The molecule has 0 saturated carbocycles. The molecule has 0 heterocycles. The van der Waals surface area contributed by atoms with E-state index >= 15 is 0 Å². The van der Waals surface area contributed by atoms with Crippen LogP contribution in [0.1, 0.15) is 34.1 Å². The number of hydrogen-bond donors (Lipinski definition) is 2. The summed E-state index contributed by atoms with van der Waals surface area (Å²) in [4.78, 5) is 12.8. The van der Waals surface area contributed by atoms with Gasteiger partial charge >= 0.3 is 5.97 Å². The van der Waals surface area contributed by atoms with Gasteiger partial charge in [-0.1, -0.05) is 13.8 Å². The zero-order chi connectivity index (χ0) is 11.8. The standard InChI is InChI=1S/C11H24N2O2/c1-5-13(6-2)8-10(4)12-9(3)7-11(14)15/h9-10,12H,5-8H2,1-4H3,(H,14,15). The van der Waals surface area contributed by atoms with Gasteiger partial charge in [0.25, 0.3) is 0 Å². The number of carbonyl (C=O) groups is 1. The van der Waals surface area contributed by atoms with Crippen LogP contribution in [0.4, 0.5) is 0 Å². The quantitative estimate of drug-likeness (QED) is 0.639. The minimum absolute atomic E-state index is 0.0352. The van der Waals surface area contributed by atoms with Gasteiger partial charge in [-0.2, -0.15) is 0 Å². The summed E-state index contributed by atoms with van der Waals surface area (Å²) in [6.07, 6.45) is 0.183. The molecule has 0 aliphatic rings. The lowest BCUT2D eigenvalue weighted by atomic mass is 10.2. The van der Waals surface area contributed by atoms with E-state index in [0.717, 1.165) is 19.6 Å². The first kappa shape index (κ1) is 14.4. The summed E-state index contributed by atoms with van der Waals surface area (Å²) in [5, 5.41) is 11.9. The highest BCUT2D eigenvalue weighted by Crippen LogP contribution is 1.96. The summed E-state index contributed by atoms with van der Waals surface area (Å²) in [7, 11) is 0. The molecule has 0 aromatic rings. The summed E-state index contributed by atoms with van der Waals surface area (Å²) >= 11 is 0. The van der Waals surface area contributed by atoms with Crippen LogP contribution in [-0.4, -0.2) is 47.7 Å². The zero-order valence-corrected chi connectivity index (χ0v) is 10.3. The summed E-state index contributed by atoms with van der Waals surface area (Å²) in [6, 6.07) is 0.368. The second kappa shape index (κ2) is 7.65. The number of nitrogens with zero attached hydrogens (tertiary/aromatic N) is 1. The Balaban J connectivity index is 3.80. The predicted molar refractivity (Wildman–Crippen MR) is 62.1 cm³/mol. The molecule has 0 saturated heterocycles. The molecule has 90 valence electrons. The molecule has 15 heavy (non-hydrogen) atoms. The molecule has 0 spiro atoms. The smallest absolute Gasteiger partial charge is 0.304 e. The third-order valence-electron chi connectivity index (χ3n) is 2.48. The van der Waals surface area contributed by atoms with E-state index in [1.165, 1.54) is 0 Å². The first-order valence-corrected chi connectivity index (χ1v) is 5.69. The highest BCUT2D eigenvalue weighted by molar-refractivity contribution is 5.67. The molecule has 4 heteroatoms. The van der Waals surface area contributed by atoms with Crippen LogP contribution in [0.3, 0.4) is 0 Å². The van der Waals surface area contributed by atoms with Gasteiger partial charge in [-0.15, -0.1) is 0 Å². The Hall–Kier alpha value is -0.610. The molecule has 0 fully saturated rings. The topological polar surface area (TPSA) is 52.6 Å². The lowest BCUT2D eigenvalue weighted by molar-refractivity contribution is -0.137. The molecular weight excluding hydrogens is 192 g/mol. The highest BCUT2D eigenvalue weighted by Gasteiger charge is 2.12. The molecule has 4 nitrogen and oxygen atoms in total. The first-order chi connectivity index (χ1) is 6.99. The number of nitrogens with one attached hydrogen (secondary N) is 1. The van der Waals surface area contributed by atoms with Gasteiger partial charge in [0.15, 0.2) is 0 Å². The average Bonchev–Trinajstić information content (AvgIpc) is 2.12. The zero-order valence-electron chi connectivity index (χ0n) is 10.3. The SMILES string of the molecule is CCN(CC)CC(C)NC(C)CC(=O)O. The molecular formula is C11H24N2O2. The van der Waals surface area contributed by atoms with Gasteiger partial charge in [-0.3, -0.25) is 4.79 Å². The van der Waals surface area contributed by atoms with Crippen molar-refractivity contribution < 1.29 is 9.90 Å². The van der Waals surface area contributed by atoms with Crippen molar-refractivity contribution in [3.05, 3.63) is 0 Å². The minimum Gasteiger partial charge on any atom is -0.481 e. The fraction of sp³-hybridized carbons (Fsp3) is 0.909. The summed E-state index contributed by atoms with van der Waals surface area (Å²) in [5.41, 5.74) is 0. The van der Waals surface area contributed by atoms with Crippen LogP contribution in [-0.2, 0) is 4.79 Å². The van der Waals surface area contributed by atoms with E-state index in [1.54, 1.807) is 0 Å². The Kier molecular flexibility index (Phi) is 7.34. The first-order valence-electron chi connectivity index (χ1n) is 5.69. The van der Waals surface area contributed by atoms with Crippen molar-refractivity contribution in [3.63, 3.8) is 0 Å². The fourth-order valence-electron chi connectivity index (χ4n) is 1.73. The van der Waals surface area contributed by atoms with Crippen LogP contribution in [0.2, 0.25) is 0 Å². The van der Waals surface area contributed by atoms with E-state index in [-0.39, 0.29) is 12.5 Å². The van der Waals surface area contributed by atoms with E-state index in [2.05, 4.69) is 31.0 Å².